The Morgan fingerprint density at radius 3 is 2.94 bits per heavy atom. The maximum absolute atomic E-state index is 11.7. The van der Waals surface area contributed by atoms with Crippen molar-refractivity contribution in [3.05, 3.63) is 21.1 Å². The zero-order chi connectivity index (χ0) is 13.0. The van der Waals surface area contributed by atoms with Crippen molar-refractivity contribution in [1.82, 2.24) is 20.5 Å². The summed E-state index contributed by atoms with van der Waals surface area (Å²) in [4.78, 5) is 15.8. The third-order valence-electron chi connectivity index (χ3n) is 2.19. The highest BCUT2D eigenvalue weighted by atomic mass is 32.1. The van der Waals surface area contributed by atoms with Gasteiger partial charge in [0.15, 0.2) is 0 Å². The second-order valence-corrected chi connectivity index (χ2v) is 5.80. The van der Waals surface area contributed by atoms with Crippen LogP contribution in [0.1, 0.15) is 26.9 Å². The molecule has 0 unspecified atom stereocenters. The number of nitrogen functional groups attached to an aromatic ring is 1. The number of hydrogen-bond acceptors (Lipinski definition) is 7. The van der Waals surface area contributed by atoms with E-state index >= 15 is 0 Å². The molecule has 96 valence electrons. The number of rotatable bonds is 5. The minimum Gasteiger partial charge on any atom is -0.374 e. The zero-order valence-electron chi connectivity index (χ0n) is 9.84. The van der Waals surface area contributed by atoms with Crippen molar-refractivity contribution in [3.8, 4) is 0 Å². The summed E-state index contributed by atoms with van der Waals surface area (Å²) in [5.41, 5.74) is 5.96. The number of thiazole rings is 1. The van der Waals surface area contributed by atoms with E-state index in [1.54, 1.807) is 5.38 Å². The number of hydrogen-bond donors (Lipinski definition) is 2. The van der Waals surface area contributed by atoms with Crippen LogP contribution in [0, 0.1) is 6.92 Å². The van der Waals surface area contributed by atoms with E-state index in [9.17, 15) is 4.79 Å². The molecule has 0 aliphatic rings. The van der Waals surface area contributed by atoms with Gasteiger partial charge < -0.3 is 11.1 Å². The van der Waals surface area contributed by atoms with Gasteiger partial charge in [0.05, 0.1) is 5.01 Å². The Bertz CT molecular complexity index is 536. The lowest BCUT2D eigenvalue weighted by Crippen LogP contribution is -2.25. The number of amides is 1. The van der Waals surface area contributed by atoms with Crippen molar-refractivity contribution in [2.24, 2.45) is 0 Å². The van der Waals surface area contributed by atoms with E-state index in [1.165, 1.54) is 22.7 Å². The van der Waals surface area contributed by atoms with Gasteiger partial charge in [-0.1, -0.05) is 11.3 Å². The second kappa shape index (κ2) is 5.87. The molecular weight excluding hydrogens is 270 g/mol. The standard InChI is InChI=1S/C10H13N5OS2/c1-6-13-7(5-17-6)9(16)12-4-2-3-8-14-15-10(11)18-8/h5H,2-4H2,1H3,(H2,11,15)(H,12,16). The summed E-state index contributed by atoms with van der Waals surface area (Å²) in [5.74, 6) is -0.129. The fourth-order valence-corrected chi connectivity index (χ4v) is 2.61. The number of nitrogens with one attached hydrogen (secondary N) is 1. The van der Waals surface area contributed by atoms with Crippen LogP contribution in [0.2, 0.25) is 0 Å². The molecule has 0 saturated heterocycles. The SMILES string of the molecule is Cc1nc(C(=O)NCCCc2nnc(N)s2)cs1. The Morgan fingerprint density at radius 1 is 1.50 bits per heavy atom. The second-order valence-electron chi connectivity index (χ2n) is 3.65. The highest BCUT2D eigenvalue weighted by Crippen LogP contribution is 2.12. The van der Waals surface area contributed by atoms with E-state index in [2.05, 4.69) is 20.5 Å². The molecule has 0 saturated carbocycles. The Kier molecular flexibility index (Phi) is 4.21. The van der Waals surface area contributed by atoms with Gasteiger partial charge in [0.2, 0.25) is 5.13 Å². The van der Waals surface area contributed by atoms with Gasteiger partial charge in [-0.05, 0) is 13.3 Å². The van der Waals surface area contributed by atoms with E-state index < -0.39 is 0 Å². The van der Waals surface area contributed by atoms with Crippen molar-refractivity contribution in [2.45, 2.75) is 19.8 Å². The molecule has 2 aromatic rings. The van der Waals surface area contributed by atoms with Crippen molar-refractivity contribution in [1.29, 1.82) is 0 Å². The average molecular weight is 283 g/mol. The molecule has 0 aromatic carbocycles. The summed E-state index contributed by atoms with van der Waals surface area (Å²) in [6.45, 7) is 2.47. The smallest absolute Gasteiger partial charge is 0.270 e. The van der Waals surface area contributed by atoms with E-state index in [1.807, 2.05) is 6.92 Å². The molecule has 18 heavy (non-hydrogen) atoms. The number of nitrogens with two attached hydrogens (primary N) is 1. The monoisotopic (exact) mass is 283 g/mol. The van der Waals surface area contributed by atoms with Gasteiger partial charge in [-0.2, -0.15) is 0 Å². The lowest BCUT2D eigenvalue weighted by atomic mass is 10.3. The lowest BCUT2D eigenvalue weighted by molar-refractivity contribution is 0.0949. The van der Waals surface area contributed by atoms with Crippen LogP contribution in [0.5, 0.6) is 0 Å². The molecule has 2 aromatic heterocycles. The molecule has 0 fully saturated rings. The van der Waals surface area contributed by atoms with Gasteiger partial charge in [0, 0.05) is 18.3 Å². The van der Waals surface area contributed by atoms with Crippen molar-refractivity contribution >= 4 is 33.7 Å². The number of nitrogens with zero attached hydrogens (tertiary/aromatic N) is 3. The Balaban J connectivity index is 1.71. The number of carbonyl (C=O) groups is 1. The predicted octanol–water partition coefficient (Wildman–Crippen LogP) is 1.25. The summed E-state index contributed by atoms with van der Waals surface area (Å²) in [5, 5.41) is 14.5. The summed E-state index contributed by atoms with van der Waals surface area (Å²) in [6, 6.07) is 0. The van der Waals surface area contributed by atoms with Gasteiger partial charge in [-0.15, -0.1) is 21.5 Å². The normalized spacial score (nSPS) is 10.5. The largest absolute Gasteiger partial charge is 0.374 e. The molecule has 3 N–H and O–H groups in total. The van der Waals surface area contributed by atoms with Crippen LogP contribution < -0.4 is 11.1 Å². The molecule has 0 radical (unpaired) electrons. The van der Waals surface area contributed by atoms with Crippen LogP contribution in [0.3, 0.4) is 0 Å². The highest BCUT2D eigenvalue weighted by molar-refractivity contribution is 7.15. The minimum atomic E-state index is -0.129. The molecular formula is C10H13N5OS2. The number of carbonyl (C=O) groups excluding carboxylic acids is 1. The molecule has 2 heterocycles. The van der Waals surface area contributed by atoms with Crippen LogP contribution >= 0.6 is 22.7 Å². The third-order valence-corrected chi connectivity index (χ3v) is 3.77. The molecule has 0 spiro atoms. The minimum absolute atomic E-state index is 0.129. The summed E-state index contributed by atoms with van der Waals surface area (Å²) in [7, 11) is 0. The van der Waals surface area contributed by atoms with E-state index in [0.717, 1.165) is 22.9 Å². The van der Waals surface area contributed by atoms with Crippen LogP contribution in [0.4, 0.5) is 5.13 Å². The third kappa shape index (κ3) is 3.47. The molecule has 0 aliphatic carbocycles. The van der Waals surface area contributed by atoms with Gasteiger partial charge >= 0.3 is 0 Å². The Hall–Kier alpha value is -1.54. The van der Waals surface area contributed by atoms with E-state index in [0.29, 0.717) is 17.4 Å². The number of aromatic nitrogens is 3. The number of anilines is 1. The van der Waals surface area contributed by atoms with Crippen molar-refractivity contribution < 1.29 is 4.79 Å². The van der Waals surface area contributed by atoms with Gasteiger partial charge in [-0.25, -0.2) is 4.98 Å². The predicted molar refractivity (Wildman–Crippen MR) is 71.8 cm³/mol. The molecule has 0 aliphatic heterocycles. The molecule has 8 heteroatoms. The summed E-state index contributed by atoms with van der Waals surface area (Å²) >= 11 is 2.85. The van der Waals surface area contributed by atoms with E-state index in [-0.39, 0.29) is 5.91 Å². The maximum atomic E-state index is 11.7. The fraction of sp³-hybridized carbons (Fsp3) is 0.400. The quantitative estimate of drug-likeness (QED) is 0.805. The average Bonchev–Trinajstić information content (AvgIpc) is 2.93. The highest BCUT2D eigenvalue weighted by Gasteiger charge is 2.08. The molecule has 1 amide bonds. The first kappa shape index (κ1) is 12.9. The van der Waals surface area contributed by atoms with Gasteiger partial charge in [-0.3, -0.25) is 4.79 Å². The van der Waals surface area contributed by atoms with Gasteiger partial charge in [0.25, 0.3) is 5.91 Å². The van der Waals surface area contributed by atoms with Gasteiger partial charge in [0.1, 0.15) is 10.7 Å². The first-order valence-corrected chi connectivity index (χ1v) is 7.13. The fourth-order valence-electron chi connectivity index (χ4n) is 1.37. The Morgan fingerprint density at radius 2 is 2.33 bits per heavy atom. The van der Waals surface area contributed by atoms with Crippen LogP contribution in [-0.2, 0) is 6.42 Å². The van der Waals surface area contributed by atoms with Crippen LogP contribution in [0.15, 0.2) is 5.38 Å². The zero-order valence-corrected chi connectivity index (χ0v) is 11.5. The maximum Gasteiger partial charge on any atom is 0.270 e. The first-order valence-electron chi connectivity index (χ1n) is 5.43. The van der Waals surface area contributed by atoms with E-state index in [4.69, 9.17) is 5.73 Å². The summed E-state index contributed by atoms with van der Waals surface area (Å²) in [6.07, 6.45) is 1.58. The lowest BCUT2D eigenvalue weighted by Gasteiger charge is -2.01. The topological polar surface area (TPSA) is 93.8 Å². The Labute approximate surface area is 112 Å². The molecule has 6 nitrogen and oxygen atoms in total. The molecule has 2 rings (SSSR count). The molecule has 0 atom stereocenters. The van der Waals surface area contributed by atoms with Crippen LogP contribution in [0.25, 0.3) is 0 Å². The molecule has 0 bridgehead atoms. The summed E-state index contributed by atoms with van der Waals surface area (Å²) < 4.78 is 0. The van der Waals surface area contributed by atoms with Crippen molar-refractivity contribution in [3.63, 3.8) is 0 Å². The van der Waals surface area contributed by atoms with Crippen molar-refractivity contribution in [2.75, 3.05) is 12.3 Å². The van der Waals surface area contributed by atoms with Crippen LogP contribution in [-0.4, -0.2) is 27.6 Å². The first-order chi connectivity index (χ1) is 8.65. The number of aryl methyl sites for hydroxylation is 2.